The largest absolute Gasteiger partial charge is 0.378 e. The molecule has 1 atom stereocenters. The van der Waals surface area contributed by atoms with Gasteiger partial charge in [-0.05, 0) is 49.9 Å². The summed E-state index contributed by atoms with van der Waals surface area (Å²) < 4.78 is 5.81. The van der Waals surface area contributed by atoms with Gasteiger partial charge in [0.05, 0.1) is 6.10 Å². The minimum absolute atomic E-state index is 0.294. The fourth-order valence-corrected chi connectivity index (χ4v) is 4.38. The Morgan fingerprint density at radius 3 is 2.45 bits per heavy atom. The molecule has 1 aliphatic carbocycles. The molecular formula is C17H29NO2. The predicted octanol–water partition coefficient (Wildman–Crippen LogP) is 3.37. The van der Waals surface area contributed by atoms with Crippen LogP contribution in [0.2, 0.25) is 0 Å². The van der Waals surface area contributed by atoms with Crippen molar-refractivity contribution in [3.63, 3.8) is 0 Å². The number of amides is 1. The maximum absolute atomic E-state index is 12.5. The van der Waals surface area contributed by atoms with Gasteiger partial charge in [-0.2, -0.15) is 0 Å². The van der Waals surface area contributed by atoms with Crippen molar-refractivity contribution in [2.75, 3.05) is 19.7 Å². The van der Waals surface area contributed by atoms with Crippen LogP contribution in [-0.2, 0) is 9.53 Å². The Hall–Kier alpha value is -0.570. The van der Waals surface area contributed by atoms with Crippen LogP contribution in [0.5, 0.6) is 0 Å². The lowest BCUT2D eigenvalue weighted by molar-refractivity contribution is -0.135. The van der Waals surface area contributed by atoms with E-state index < -0.39 is 0 Å². The Balaban J connectivity index is 1.46. The van der Waals surface area contributed by atoms with E-state index in [1.54, 1.807) is 0 Å². The molecule has 0 N–H and O–H groups in total. The summed E-state index contributed by atoms with van der Waals surface area (Å²) in [7, 11) is 0. The van der Waals surface area contributed by atoms with E-state index >= 15 is 0 Å². The molecule has 3 fully saturated rings. The van der Waals surface area contributed by atoms with Gasteiger partial charge in [0.15, 0.2) is 0 Å². The van der Waals surface area contributed by atoms with Crippen molar-refractivity contribution < 1.29 is 9.53 Å². The van der Waals surface area contributed by atoms with E-state index in [-0.39, 0.29) is 0 Å². The number of nitrogens with zero attached hydrogens (tertiary/aromatic N) is 1. The van der Waals surface area contributed by atoms with Crippen molar-refractivity contribution >= 4 is 5.91 Å². The van der Waals surface area contributed by atoms with E-state index in [0.29, 0.717) is 23.3 Å². The Morgan fingerprint density at radius 1 is 1.15 bits per heavy atom. The smallest absolute Gasteiger partial charge is 0.223 e. The van der Waals surface area contributed by atoms with Gasteiger partial charge in [-0.15, -0.1) is 0 Å². The third-order valence-electron chi connectivity index (χ3n) is 5.77. The minimum Gasteiger partial charge on any atom is -0.378 e. The minimum atomic E-state index is 0.294. The molecule has 0 radical (unpaired) electrons. The van der Waals surface area contributed by atoms with Crippen LogP contribution >= 0.6 is 0 Å². The highest BCUT2D eigenvalue weighted by molar-refractivity contribution is 5.77. The predicted molar refractivity (Wildman–Crippen MR) is 79.5 cm³/mol. The number of likely N-dealkylation sites (tertiary alicyclic amines) is 1. The molecule has 0 aromatic carbocycles. The average molecular weight is 279 g/mol. The van der Waals surface area contributed by atoms with Crippen molar-refractivity contribution in [3.8, 4) is 0 Å². The summed E-state index contributed by atoms with van der Waals surface area (Å²) in [6.07, 6.45) is 11.1. The highest BCUT2D eigenvalue weighted by Gasteiger charge is 2.35. The van der Waals surface area contributed by atoms with Crippen molar-refractivity contribution in [2.24, 2.45) is 11.3 Å². The zero-order valence-electron chi connectivity index (χ0n) is 12.9. The third-order valence-corrected chi connectivity index (χ3v) is 5.77. The lowest BCUT2D eigenvalue weighted by Gasteiger charge is -2.36. The molecule has 2 saturated heterocycles. The van der Waals surface area contributed by atoms with Crippen LogP contribution in [0.1, 0.15) is 64.7 Å². The van der Waals surface area contributed by atoms with Crippen LogP contribution in [0, 0.1) is 11.3 Å². The summed E-state index contributed by atoms with van der Waals surface area (Å²) in [6.45, 7) is 5.16. The normalized spacial score (nSPS) is 30.9. The van der Waals surface area contributed by atoms with Gasteiger partial charge in [0.25, 0.3) is 0 Å². The molecule has 0 aromatic heterocycles. The fourth-order valence-electron chi connectivity index (χ4n) is 4.38. The number of hydrogen-bond acceptors (Lipinski definition) is 2. The molecule has 1 unspecified atom stereocenters. The van der Waals surface area contributed by atoms with Crippen LogP contribution in [0.15, 0.2) is 0 Å². The molecule has 3 nitrogen and oxygen atoms in total. The first-order valence-electron chi connectivity index (χ1n) is 8.56. The Kier molecular flexibility index (Phi) is 4.34. The molecule has 114 valence electrons. The molecule has 2 heterocycles. The molecule has 20 heavy (non-hydrogen) atoms. The Morgan fingerprint density at radius 2 is 1.85 bits per heavy atom. The second kappa shape index (κ2) is 6.05. The molecule has 0 spiro atoms. The van der Waals surface area contributed by atoms with Crippen molar-refractivity contribution in [1.82, 2.24) is 4.90 Å². The highest BCUT2D eigenvalue weighted by atomic mass is 16.5. The summed E-state index contributed by atoms with van der Waals surface area (Å²) in [5.74, 6) is 1.10. The van der Waals surface area contributed by atoms with Gasteiger partial charge in [-0.1, -0.05) is 19.8 Å². The number of piperidine rings is 1. The zero-order valence-corrected chi connectivity index (χ0v) is 12.9. The van der Waals surface area contributed by atoms with E-state index in [1.165, 1.54) is 38.5 Å². The summed E-state index contributed by atoms with van der Waals surface area (Å²) in [5.41, 5.74) is 0.294. The lowest BCUT2D eigenvalue weighted by atomic mass is 9.84. The molecule has 1 amide bonds. The number of hydrogen-bond donors (Lipinski definition) is 0. The van der Waals surface area contributed by atoms with E-state index in [2.05, 4.69) is 11.8 Å². The van der Waals surface area contributed by atoms with Gasteiger partial charge < -0.3 is 9.64 Å². The van der Waals surface area contributed by atoms with E-state index in [0.717, 1.165) is 39.0 Å². The molecular weight excluding hydrogens is 250 g/mol. The van der Waals surface area contributed by atoms with Crippen molar-refractivity contribution in [1.29, 1.82) is 0 Å². The second-order valence-corrected chi connectivity index (χ2v) is 7.46. The van der Waals surface area contributed by atoms with Gasteiger partial charge in [-0.3, -0.25) is 4.79 Å². The standard InChI is InChI=1S/C17H29NO2/c1-17(8-2-3-9-17)13-16(19)18-10-6-14(7-11-18)15-5-4-12-20-15/h14-15H,2-13H2,1H3. The molecule has 2 aliphatic heterocycles. The fraction of sp³-hybridized carbons (Fsp3) is 0.941. The first-order valence-corrected chi connectivity index (χ1v) is 8.56. The molecule has 0 bridgehead atoms. The summed E-state index contributed by atoms with van der Waals surface area (Å²) in [6, 6.07) is 0. The molecule has 0 aromatic rings. The van der Waals surface area contributed by atoms with Crippen molar-refractivity contribution in [3.05, 3.63) is 0 Å². The molecule has 3 heteroatoms. The summed E-state index contributed by atoms with van der Waals surface area (Å²) in [4.78, 5) is 14.6. The van der Waals surface area contributed by atoms with Gasteiger partial charge in [-0.25, -0.2) is 0 Å². The van der Waals surface area contributed by atoms with Crippen LogP contribution in [-0.4, -0.2) is 36.6 Å². The number of carbonyl (C=O) groups excluding carboxylic acids is 1. The summed E-state index contributed by atoms with van der Waals surface area (Å²) in [5, 5.41) is 0. The Bertz CT molecular complexity index is 335. The maximum Gasteiger partial charge on any atom is 0.223 e. The molecule has 1 saturated carbocycles. The molecule has 3 rings (SSSR count). The zero-order chi connectivity index (χ0) is 14.0. The van der Waals surface area contributed by atoms with Crippen LogP contribution in [0.25, 0.3) is 0 Å². The third kappa shape index (κ3) is 3.19. The lowest BCUT2D eigenvalue weighted by Crippen LogP contribution is -2.42. The van der Waals surface area contributed by atoms with Crippen LogP contribution in [0.4, 0.5) is 0 Å². The first-order chi connectivity index (χ1) is 9.66. The van der Waals surface area contributed by atoms with Crippen LogP contribution in [0.3, 0.4) is 0 Å². The van der Waals surface area contributed by atoms with E-state index in [9.17, 15) is 4.79 Å². The number of carbonyl (C=O) groups is 1. The van der Waals surface area contributed by atoms with Crippen molar-refractivity contribution in [2.45, 2.75) is 70.8 Å². The Labute approximate surface area is 123 Å². The highest BCUT2D eigenvalue weighted by Crippen LogP contribution is 2.41. The maximum atomic E-state index is 12.5. The number of rotatable bonds is 3. The van der Waals surface area contributed by atoms with Gasteiger partial charge in [0, 0.05) is 26.1 Å². The second-order valence-electron chi connectivity index (χ2n) is 7.46. The van der Waals surface area contributed by atoms with Gasteiger partial charge in [0.1, 0.15) is 0 Å². The van der Waals surface area contributed by atoms with E-state index in [1.807, 2.05) is 0 Å². The van der Waals surface area contributed by atoms with E-state index in [4.69, 9.17) is 4.74 Å². The monoisotopic (exact) mass is 279 g/mol. The van der Waals surface area contributed by atoms with Crippen LogP contribution < -0.4 is 0 Å². The van der Waals surface area contributed by atoms with Gasteiger partial charge in [0.2, 0.25) is 5.91 Å². The topological polar surface area (TPSA) is 29.5 Å². The average Bonchev–Trinajstić information content (AvgIpc) is 3.10. The number of ether oxygens (including phenoxy) is 1. The first kappa shape index (κ1) is 14.4. The summed E-state index contributed by atoms with van der Waals surface area (Å²) >= 11 is 0. The quantitative estimate of drug-likeness (QED) is 0.792. The SMILES string of the molecule is CC1(CC(=O)N2CCC(C3CCCO3)CC2)CCCC1. The van der Waals surface area contributed by atoms with Gasteiger partial charge >= 0.3 is 0 Å². The molecule has 3 aliphatic rings.